The highest BCUT2D eigenvalue weighted by Gasteiger charge is 2.34. The van der Waals surface area contributed by atoms with Gasteiger partial charge in [0.2, 0.25) is 11.8 Å². The van der Waals surface area contributed by atoms with Crippen molar-refractivity contribution in [2.45, 2.75) is 25.8 Å². The van der Waals surface area contributed by atoms with Crippen LogP contribution in [-0.4, -0.2) is 59.7 Å². The third-order valence-corrected chi connectivity index (χ3v) is 4.44. The van der Waals surface area contributed by atoms with Gasteiger partial charge in [0.25, 0.3) is 5.91 Å². The first-order valence-corrected chi connectivity index (χ1v) is 7.95. The van der Waals surface area contributed by atoms with Crippen LogP contribution >= 0.6 is 0 Å². The molecule has 1 aromatic heterocycles. The van der Waals surface area contributed by atoms with E-state index in [-0.39, 0.29) is 36.1 Å². The number of amides is 3. The second-order valence-corrected chi connectivity index (χ2v) is 6.20. The third kappa shape index (κ3) is 3.38. The second kappa shape index (κ2) is 6.44. The van der Waals surface area contributed by atoms with Gasteiger partial charge in [0.05, 0.1) is 6.26 Å². The Morgan fingerprint density at radius 1 is 1.22 bits per heavy atom. The normalized spacial score (nSPS) is 25.2. The van der Waals surface area contributed by atoms with Gasteiger partial charge in [0.1, 0.15) is 0 Å². The molecule has 7 nitrogen and oxygen atoms in total. The molecular weight excluding hydrogens is 298 g/mol. The molecule has 2 saturated heterocycles. The molecule has 0 spiro atoms. The fraction of sp³-hybridized carbons (Fsp3) is 0.562. The van der Waals surface area contributed by atoms with Gasteiger partial charge in [-0.25, -0.2) is 0 Å². The summed E-state index contributed by atoms with van der Waals surface area (Å²) in [5, 5.41) is 2.83. The molecule has 2 aliphatic rings. The van der Waals surface area contributed by atoms with Crippen molar-refractivity contribution in [2.24, 2.45) is 5.92 Å². The third-order valence-electron chi connectivity index (χ3n) is 4.44. The van der Waals surface area contributed by atoms with Crippen LogP contribution in [0.3, 0.4) is 0 Å². The molecule has 124 valence electrons. The maximum Gasteiger partial charge on any atom is 0.289 e. The van der Waals surface area contributed by atoms with Crippen LogP contribution in [-0.2, 0) is 9.59 Å². The van der Waals surface area contributed by atoms with E-state index in [0.29, 0.717) is 38.4 Å². The first-order chi connectivity index (χ1) is 11.0. The quantitative estimate of drug-likeness (QED) is 0.859. The predicted molar refractivity (Wildman–Crippen MR) is 81.5 cm³/mol. The van der Waals surface area contributed by atoms with E-state index in [0.717, 1.165) is 0 Å². The van der Waals surface area contributed by atoms with Crippen LogP contribution in [0.1, 0.15) is 30.3 Å². The maximum absolute atomic E-state index is 12.6. The van der Waals surface area contributed by atoms with E-state index in [2.05, 4.69) is 5.32 Å². The van der Waals surface area contributed by atoms with Gasteiger partial charge in [-0.3, -0.25) is 14.4 Å². The molecule has 2 fully saturated rings. The minimum absolute atomic E-state index is 0.0248. The summed E-state index contributed by atoms with van der Waals surface area (Å²) >= 11 is 0. The van der Waals surface area contributed by atoms with Gasteiger partial charge >= 0.3 is 0 Å². The van der Waals surface area contributed by atoms with E-state index in [1.54, 1.807) is 21.9 Å². The van der Waals surface area contributed by atoms with E-state index in [9.17, 15) is 14.4 Å². The minimum Gasteiger partial charge on any atom is -0.459 e. The largest absolute Gasteiger partial charge is 0.459 e. The summed E-state index contributed by atoms with van der Waals surface area (Å²) < 4.78 is 5.13. The Labute approximate surface area is 134 Å². The summed E-state index contributed by atoms with van der Waals surface area (Å²) in [4.78, 5) is 39.8. The highest BCUT2D eigenvalue weighted by molar-refractivity contribution is 5.92. The zero-order chi connectivity index (χ0) is 16.4. The Bertz CT molecular complexity index is 590. The van der Waals surface area contributed by atoms with Crippen LogP contribution in [0.4, 0.5) is 0 Å². The van der Waals surface area contributed by atoms with Gasteiger partial charge in [0.15, 0.2) is 5.76 Å². The average Bonchev–Trinajstić information content (AvgIpc) is 3.07. The molecule has 2 aliphatic heterocycles. The Kier molecular flexibility index (Phi) is 4.36. The molecule has 7 heteroatoms. The number of hydrogen-bond donors (Lipinski definition) is 1. The molecule has 3 rings (SSSR count). The van der Waals surface area contributed by atoms with Crippen LogP contribution in [0.15, 0.2) is 22.8 Å². The first-order valence-electron chi connectivity index (χ1n) is 7.95. The van der Waals surface area contributed by atoms with Gasteiger partial charge in [-0.05, 0) is 25.5 Å². The molecule has 0 radical (unpaired) electrons. The van der Waals surface area contributed by atoms with Gasteiger partial charge in [-0.15, -0.1) is 0 Å². The van der Waals surface area contributed by atoms with Crippen molar-refractivity contribution in [2.75, 3.05) is 26.2 Å². The Hall–Kier alpha value is -2.31. The molecule has 0 aliphatic carbocycles. The topological polar surface area (TPSA) is 82.9 Å². The lowest BCUT2D eigenvalue weighted by Gasteiger charge is -2.37. The molecule has 1 N–H and O–H groups in total. The van der Waals surface area contributed by atoms with E-state index < -0.39 is 0 Å². The summed E-state index contributed by atoms with van der Waals surface area (Å²) in [6.45, 7) is 3.88. The standard InChI is InChI=1S/C16H21N3O4/c1-11-9-12(10-14(20)17-11)15(21)18-4-6-19(7-5-18)16(22)13-3-2-8-23-13/h2-3,8,11-12H,4-7,9-10H2,1H3,(H,17,20)/t11-,12+/m0/s1. The van der Waals surface area contributed by atoms with Crippen LogP contribution in [0.2, 0.25) is 0 Å². The molecule has 3 amide bonds. The van der Waals surface area contributed by atoms with Gasteiger partial charge < -0.3 is 19.5 Å². The monoisotopic (exact) mass is 319 g/mol. The molecule has 2 atom stereocenters. The number of rotatable bonds is 2. The summed E-state index contributed by atoms with van der Waals surface area (Å²) in [6.07, 6.45) is 2.41. The fourth-order valence-corrected chi connectivity index (χ4v) is 3.26. The molecule has 1 aromatic rings. The summed E-state index contributed by atoms with van der Waals surface area (Å²) in [7, 11) is 0. The molecule has 0 saturated carbocycles. The Morgan fingerprint density at radius 3 is 2.52 bits per heavy atom. The van der Waals surface area contributed by atoms with E-state index in [4.69, 9.17) is 4.42 Å². The molecule has 23 heavy (non-hydrogen) atoms. The smallest absolute Gasteiger partial charge is 0.289 e. The fourth-order valence-electron chi connectivity index (χ4n) is 3.26. The van der Waals surface area contributed by atoms with E-state index >= 15 is 0 Å². The number of hydrogen-bond acceptors (Lipinski definition) is 4. The van der Waals surface area contributed by atoms with Gasteiger partial charge in [0, 0.05) is 44.6 Å². The Morgan fingerprint density at radius 2 is 1.91 bits per heavy atom. The van der Waals surface area contributed by atoms with Crippen molar-refractivity contribution in [3.63, 3.8) is 0 Å². The van der Waals surface area contributed by atoms with E-state index in [1.807, 2.05) is 6.92 Å². The van der Waals surface area contributed by atoms with E-state index in [1.165, 1.54) is 6.26 Å². The number of piperazine rings is 1. The average molecular weight is 319 g/mol. The zero-order valence-electron chi connectivity index (χ0n) is 13.2. The van der Waals surface area contributed by atoms with Crippen LogP contribution in [0.5, 0.6) is 0 Å². The van der Waals surface area contributed by atoms with Crippen LogP contribution < -0.4 is 5.32 Å². The highest BCUT2D eigenvalue weighted by atomic mass is 16.3. The van der Waals surface area contributed by atoms with Crippen LogP contribution in [0.25, 0.3) is 0 Å². The number of nitrogens with zero attached hydrogens (tertiary/aromatic N) is 2. The van der Waals surface area contributed by atoms with Crippen molar-refractivity contribution in [1.29, 1.82) is 0 Å². The molecule has 3 heterocycles. The van der Waals surface area contributed by atoms with Crippen molar-refractivity contribution >= 4 is 17.7 Å². The molecule has 0 bridgehead atoms. The molecule has 0 aromatic carbocycles. The minimum atomic E-state index is -0.244. The first kappa shape index (κ1) is 15.6. The number of nitrogens with one attached hydrogen (secondary N) is 1. The number of carbonyl (C=O) groups excluding carboxylic acids is 3. The number of piperidine rings is 1. The van der Waals surface area contributed by atoms with Crippen molar-refractivity contribution in [3.8, 4) is 0 Å². The maximum atomic E-state index is 12.6. The van der Waals surface area contributed by atoms with Crippen molar-refractivity contribution in [1.82, 2.24) is 15.1 Å². The second-order valence-electron chi connectivity index (χ2n) is 6.20. The SMILES string of the molecule is C[C@H]1C[C@@H](C(=O)N2CCN(C(=O)c3ccco3)CC2)CC(=O)N1. The highest BCUT2D eigenvalue weighted by Crippen LogP contribution is 2.21. The predicted octanol–water partition coefficient (Wildman–Crippen LogP) is 0.479. The van der Waals surface area contributed by atoms with Crippen molar-refractivity contribution < 1.29 is 18.8 Å². The number of carbonyl (C=O) groups is 3. The summed E-state index contributed by atoms with van der Waals surface area (Å²) in [5.74, 6) is -0.105. The van der Waals surface area contributed by atoms with Gasteiger partial charge in [-0.2, -0.15) is 0 Å². The zero-order valence-corrected chi connectivity index (χ0v) is 13.2. The Balaban J connectivity index is 1.55. The van der Waals surface area contributed by atoms with Crippen LogP contribution in [0, 0.1) is 5.92 Å². The summed E-state index contributed by atoms with van der Waals surface area (Å²) in [6, 6.07) is 3.36. The molecular formula is C16H21N3O4. The lowest BCUT2D eigenvalue weighted by Crippen LogP contribution is -2.53. The molecule has 0 unspecified atom stereocenters. The lowest BCUT2D eigenvalue weighted by atomic mass is 9.91. The van der Waals surface area contributed by atoms with Gasteiger partial charge in [-0.1, -0.05) is 0 Å². The van der Waals surface area contributed by atoms with Crippen molar-refractivity contribution in [3.05, 3.63) is 24.2 Å². The lowest BCUT2D eigenvalue weighted by molar-refractivity contribution is -0.142. The summed E-state index contributed by atoms with van der Waals surface area (Å²) in [5.41, 5.74) is 0. The number of furan rings is 1.